The molecule has 1 rings (SSSR count). The van der Waals surface area contributed by atoms with Crippen molar-refractivity contribution in [3.05, 3.63) is 34.8 Å². The summed E-state index contributed by atoms with van der Waals surface area (Å²) >= 11 is 11.5. The van der Waals surface area contributed by atoms with Gasteiger partial charge in [-0.25, -0.2) is 4.99 Å². The zero-order valence-corrected chi connectivity index (χ0v) is 7.15. The highest BCUT2D eigenvalue weighted by molar-refractivity contribution is 6.43. The molecule has 56 valence electrons. The maximum absolute atomic E-state index is 5.78. The highest BCUT2D eigenvalue weighted by Crippen LogP contribution is 2.30. The fourth-order valence-corrected chi connectivity index (χ4v) is 1.00. The maximum atomic E-state index is 5.78. The van der Waals surface area contributed by atoms with E-state index in [1.54, 1.807) is 18.2 Å². The molecule has 0 heterocycles. The number of rotatable bonds is 1. The van der Waals surface area contributed by atoms with Gasteiger partial charge in [0.05, 0.1) is 15.7 Å². The molecule has 0 atom stereocenters. The lowest BCUT2D eigenvalue weighted by Crippen LogP contribution is -1.68. The predicted molar refractivity (Wildman–Crippen MR) is 49.2 cm³/mol. The Morgan fingerprint density at radius 2 is 2.09 bits per heavy atom. The van der Waals surface area contributed by atoms with Gasteiger partial charge in [0, 0.05) is 0 Å². The summed E-state index contributed by atoms with van der Waals surface area (Å²) in [5.74, 6) is 2.38. The lowest BCUT2D eigenvalue weighted by molar-refractivity contribution is 1.55. The van der Waals surface area contributed by atoms with Gasteiger partial charge in [0.25, 0.3) is 0 Å². The van der Waals surface area contributed by atoms with Gasteiger partial charge in [-0.1, -0.05) is 29.3 Å². The Hall–Kier alpha value is -0.750. The molecule has 0 aliphatic heterocycles. The van der Waals surface area contributed by atoms with Crippen LogP contribution in [0.4, 0.5) is 5.69 Å². The summed E-state index contributed by atoms with van der Waals surface area (Å²) in [6, 6.07) is 5.21. The zero-order valence-electron chi connectivity index (χ0n) is 5.64. The van der Waals surface area contributed by atoms with E-state index in [9.17, 15) is 0 Å². The molecule has 0 saturated carbocycles. The van der Waals surface area contributed by atoms with Crippen LogP contribution < -0.4 is 0 Å². The second kappa shape index (κ2) is 3.59. The predicted octanol–water partition coefficient (Wildman–Crippen LogP) is 3.48. The van der Waals surface area contributed by atoms with Gasteiger partial charge in [0.2, 0.25) is 0 Å². The van der Waals surface area contributed by atoms with E-state index in [0.29, 0.717) is 15.7 Å². The molecule has 0 bridgehead atoms. The standard InChI is InChI=1S/C8H5Cl2N/c1-2-11-7-5-3-4-6(9)8(7)10/h3-5H,1H2. The van der Waals surface area contributed by atoms with E-state index in [1.807, 2.05) is 0 Å². The summed E-state index contributed by atoms with van der Waals surface area (Å²) in [6.07, 6.45) is 0. The SMILES string of the molecule is C=C=Nc1cccc(Cl)c1Cl. The number of aliphatic imine (C=N–C) groups is 1. The highest BCUT2D eigenvalue weighted by atomic mass is 35.5. The van der Waals surface area contributed by atoms with Crippen LogP contribution in [0.2, 0.25) is 10.0 Å². The first kappa shape index (κ1) is 8.35. The number of benzene rings is 1. The molecule has 0 aliphatic rings. The molecule has 0 aliphatic carbocycles. The van der Waals surface area contributed by atoms with E-state index < -0.39 is 0 Å². The normalized spacial score (nSPS) is 8.91. The fourth-order valence-electron chi connectivity index (χ4n) is 0.664. The van der Waals surface area contributed by atoms with Crippen LogP contribution in [0.25, 0.3) is 0 Å². The van der Waals surface area contributed by atoms with Crippen molar-refractivity contribution in [3.8, 4) is 0 Å². The molecule has 0 amide bonds. The van der Waals surface area contributed by atoms with Gasteiger partial charge in [-0.2, -0.15) is 0 Å². The molecule has 1 aromatic rings. The molecule has 0 fully saturated rings. The first-order valence-corrected chi connectivity index (χ1v) is 3.68. The second-order valence-corrected chi connectivity index (χ2v) is 2.63. The Balaban J connectivity index is 3.26. The maximum Gasteiger partial charge on any atom is 0.0930 e. The van der Waals surface area contributed by atoms with Crippen molar-refractivity contribution in [3.63, 3.8) is 0 Å². The highest BCUT2D eigenvalue weighted by Gasteiger charge is 2.00. The molecule has 1 aromatic carbocycles. The van der Waals surface area contributed by atoms with E-state index in [4.69, 9.17) is 23.2 Å². The Labute approximate surface area is 75.0 Å². The average molecular weight is 186 g/mol. The third kappa shape index (κ3) is 1.84. The van der Waals surface area contributed by atoms with Crippen LogP contribution in [-0.4, -0.2) is 5.87 Å². The van der Waals surface area contributed by atoms with Crippen LogP contribution >= 0.6 is 23.2 Å². The van der Waals surface area contributed by atoms with Gasteiger partial charge in [-0.05, 0) is 24.6 Å². The zero-order chi connectivity index (χ0) is 8.27. The van der Waals surface area contributed by atoms with Crippen LogP contribution in [0.3, 0.4) is 0 Å². The van der Waals surface area contributed by atoms with Crippen molar-refractivity contribution >= 4 is 34.8 Å². The van der Waals surface area contributed by atoms with Crippen molar-refractivity contribution in [2.45, 2.75) is 0 Å². The third-order valence-electron chi connectivity index (χ3n) is 1.13. The van der Waals surface area contributed by atoms with Crippen LogP contribution in [0.1, 0.15) is 0 Å². The Bertz CT molecular complexity index is 314. The second-order valence-electron chi connectivity index (χ2n) is 1.84. The smallest absolute Gasteiger partial charge is 0.0930 e. The van der Waals surface area contributed by atoms with E-state index in [2.05, 4.69) is 17.4 Å². The van der Waals surface area contributed by atoms with E-state index in [1.165, 1.54) is 0 Å². The van der Waals surface area contributed by atoms with E-state index in [-0.39, 0.29) is 0 Å². The molecule has 0 spiro atoms. The minimum Gasteiger partial charge on any atom is -0.205 e. The van der Waals surface area contributed by atoms with Crippen molar-refractivity contribution in [2.24, 2.45) is 4.99 Å². The summed E-state index contributed by atoms with van der Waals surface area (Å²) in [5, 5.41) is 0.925. The van der Waals surface area contributed by atoms with Crippen molar-refractivity contribution in [1.29, 1.82) is 0 Å². The molecular weight excluding hydrogens is 181 g/mol. The molecule has 1 nitrogen and oxygen atoms in total. The Kier molecular flexibility index (Phi) is 2.72. The number of nitrogens with zero attached hydrogens (tertiary/aromatic N) is 1. The summed E-state index contributed by atoms with van der Waals surface area (Å²) in [6.45, 7) is 3.33. The average Bonchev–Trinajstić information content (AvgIpc) is 1.99. The van der Waals surface area contributed by atoms with Gasteiger partial charge in [0.1, 0.15) is 0 Å². The van der Waals surface area contributed by atoms with Crippen LogP contribution in [0.15, 0.2) is 29.8 Å². The van der Waals surface area contributed by atoms with Crippen molar-refractivity contribution in [1.82, 2.24) is 0 Å². The lowest BCUT2D eigenvalue weighted by Gasteiger charge is -1.96. The molecule has 3 heteroatoms. The lowest BCUT2D eigenvalue weighted by atomic mass is 10.3. The van der Waals surface area contributed by atoms with Crippen LogP contribution in [-0.2, 0) is 0 Å². The van der Waals surface area contributed by atoms with Crippen molar-refractivity contribution < 1.29 is 0 Å². The summed E-state index contributed by atoms with van der Waals surface area (Å²) in [5.41, 5.74) is 0.592. The molecule has 11 heavy (non-hydrogen) atoms. The van der Waals surface area contributed by atoms with Crippen molar-refractivity contribution in [2.75, 3.05) is 0 Å². The van der Waals surface area contributed by atoms with Crippen LogP contribution in [0, 0.1) is 0 Å². The topological polar surface area (TPSA) is 12.4 Å². The summed E-state index contributed by atoms with van der Waals surface area (Å²) < 4.78 is 0. The third-order valence-corrected chi connectivity index (χ3v) is 1.94. The molecule has 0 N–H and O–H groups in total. The van der Waals surface area contributed by atoms with E-state index in [0.717, 1.165) is 0 Å². The number of hydrogen-bond acceptors (Lipinski definition) is 1. The van der Waals surface area contributed by atoms with Gasteiger partial charge in [0.15, 0.2) is 0 Å². The minimum absolute atomic E-state index is 0.435. The van der Waals surface area contributed by atoms with E-state index >= 15 is 0 Å². The molecule has 0 aromatic heterocycles. The van der Waals surface area contributed by atoms with Gasteiger partial charge < -0.3 is 0 Å². The summed E-state index contributed by atoms with van der Waals surface area (Å²) in [4.78, 5) is 3.79. The Morgan fingerprint density at radius 1 is 1.36 bits per heavy atom. The van der Waals surface area contributed by atoms with Gasteiger partial charge in [-0.15, -0.1) is 0 Å². The molecule has 0 saturated heterocycles. The molecular formula is C8H5Cl2N. The number of hydrogen-bond donors (Lipinski definition) is 0. The minimum atomic E-state index is 0.435. The quantitative estimate of drug-likeness (QED) is 0.595. The molecule has 0 unspecified atom stereocenters. The fraction of sp³-hybridized carbons (Fsp3) is 0. The van der Waals surface area contributed by atoms with Crippen LogP contribution in [0.5, 0.6) is 0 Å². The first-order chi connectivity index (χ1) is 5.25. The Morgan fingerprint density at radius 3 is 2.73 bits per heavy atom. The first-order valence-electron chi connectivity index (χ1n) is 2.92. The monoisotopic (exact) mass is 185 g/mol. The van der Waals surface area contributed by atoms with Gasteiger partial charge >= 0.3 is 0 Å². The number of halogens is 2. The van der Waals surface area contributed by atoms with Gasteiger partial charge in [-0.3, -0.25) is 0 Å². The summed E-state index contributed by atoms with van der Waals surface area (Å²) in [7, 11) is 0. The largest absolute Gasteiger partial charge is 0.205 e. The molecule has 0 radical (unpaired) electrons.